The first-order valence-electron chi connectivity index (χ1n) is 6.72. The van der Waals surface area contributed by atoms with E-state index in [1.165, 1.54) is 16.7 Å². The normalized spacial score (nSPS) is 16.9. The van der Waals surface area contributed by atoms with Crippen molar-refractivity contribution >= 4 is 23.3 Å². The number of thiazole rings is 1. The Balaban J connectivity index is 1.72. The maximum absolute atomic E-state index is 11.8. The Morgan fingerprint density at radius 3 is 2.75 bits per heavy atom. The summed E-state index contributed by atoms with van der Waals surface area (Å²) in [6, 6.07) is -0.163. The van der Waals surface area contributed by atoms with Gasteiger partial charge in [0.05, 0.1) is 5.01 Å². The zero-order chi connectivity index (χ0) is 14.6. The maximum Gasteiger partial charge on any atom is 0.355 e. The van der Waals surface area contributed by atoms with E-state index in [2.05, 4.69) is 22.5 Å². The lowest BCUT2D eigenvalue weighted by molar-refractivity contribution is 0.0691. The molecule has 1 heterocycles. The summed E-state index contributed by atoms with van der Waals surface area (Å²) in [5.41, 5.74) is -0.0187. The van der Waals surface area contributed by atoms with Gasteiger partial charge in [0.15, 0.2) is 5.69 Å². The molecule has 0 bridgehead atoms. The molecule has 1 saturated carbocycles. The van der Waals surface area contributed by atoms with Crippen molar-refractivity contribution in [2.75, 3.05) is 6.54 Å². The Bertz CT molecular complexity index is 495. The fourth-order valence-electron chi connectivity index (χ4n) is 2.41. The molecule has 1 fully saturated rings. The number of hydrogen-bond acceptors (Lipinski definition) is 4. The van der Waals surface area contributed by atoms with Gasteiger partial charge in [-0.1, -0.05) is 12.8 Å². The highest BCUT2D eigenvalue weighted by molar-refractivity contribution is 7.09. The quantitative estimate of drug-likeness (QED) is 0.775. The first kappa shape index (κ1) is 14.8. The summed E-state index contributed by atoms with van der Waals surface area (Å²) >= 11 is 1.30. The molecule has 0 unspecified atom stereocenters. The number of hydrogen-bond donors (Lipinski definition) is 3. The van der Waals surface area contributed by atoms with Gasteiger partial charge in [-0.15, -0.1) is 11.3 Å². The molecule has 1 aliphatic rings. The maximum atomic E-state index is 11.8. The number of carbonyl (C=O) groups excluding carboxylic acids is 1. The van der Waals surface area contributed by atoms with Gasteiger partial charge < -0.3 is 15.7 Å². The lowest BCUT2D eigenvalue weighted by Crippen LogP contribution is -2.48. The fourth-order valence-corrected chi connectivity index (χ4v) is 3.18. The number of urea groups is 1. The summed E-state index contributed by atoms with van der Waals surface area (Å²) < 4.78 is 0. The molecule has 20 heavy (non-hydrogen) atoms. The molecule has 3 N–H and O–H groups in total. The summed E-state index contributed by atoms with van der Waals surface area (Å²) in [4.78, 5) is 26.4. The van der Waals surface area contributed by atoms with Crippen molar-refractivity contribution in [2.45, 2.75) is 44.6 Å². The first-order valence-corrected chi connectivity index (χ1v) is 7.60. The topological polar surface area (TPSA) is 91.3 Å². The molecule has 0 radical (unpaired) electrons. The van der Waals surface area contributed by atoms with Crippen LogP contribution in [0, 0.1) is 0 Å². The van der Waals surface area contributed by atoms with Gasteiger partial charge >= 0.3 is 12.0 Å². The van der Waals surface area contributed by atoms with Crippen molar-refractivity contribution in [2.24, 2.45) is 0 Å². The molecule has 0 atom stereocenters. The SMILES string of the molecule is CC1(NC(=O)NCCc2nc(C(=O)O)cs2)CCCC1. The number of carboxylic acid groups (broad SMARTS) is 1. The van der Waals surface area contributed by atoms with E-state index in [9.17, 15) is 9.59 Å². The van der Waals surface area contributed by atoms with Gasteiger partial charge in [0.25, 0.3) is 0 Å². The molecular weight excluding hydrogens is 278 g/mol. The lowest BCUT2D eigenvalue weighted by atomic mass is 10.0. The van der Waals surface area contributed by atoms with Crippen LogP contribution in [-0.4, -0.2) is 34.2 Å². The van der Waals surface area contributed by atoms with Crippen LogP contribution in [0.2, 0.25) is 0 Å². The molecule has 0 aromatic carbocycles. The predicted molar refractivity (Wildman–Crippen MR) is 76.2 cm³/mol. The van der Waals surface area contributed by atoms with Crippen LogP contribution in [0.15, 0.2) is 5.38 Å². The minimum absolute atomic E-state index is 0.0629. The molecule has 110 valence electrons. The highest BCUT2D eigenvalue weighted by atomic mass is 32.1. The number of nitrogens with one attached hydrogen (secondary N) is 2. The lowest BCUT2D eigenvalue weighted by Gasteiger charge is -2.25. The summed E-state index contributed by atoms with van der Waals surface area (Å²) in [7, 11) is 0. The second-order valence-corrected chi connectivity index (χ2v) is 6.27. The molecule has 1 aromatic rings. The number of rotatable bonds is 5. The van der Waals surface area contributed by atoms with Crippen LogP contribution in [-0.2, 0) is 6.42 Å². The average Bonchev–Trinajstić information content (AvgIpc) is 2.98. The summed E-state index contributed by atoms with van der Waals surface area (Å²) in [6.07, 6.45) is 4.91. The van der Waals surface area contributed by atoms with Crippen molar-refractivity contribution in [1.29, 1.82) is 0 Å². The van der Waals surface area contributed by atoms with Gasteiger partial charge in [-0.25, -0.2) is 14.6 Å². The van der Waals surface area contributed by atoms with Crippen molar-refractivity contribution in [1.82, 2.24) is 15.6 Å². The number of carboxylic acids is 1. The van der Waals surface area contributed by atoms with Crippen LogP contribution in [0.25, 0.3) is 0 Å². The van der Waals surface area contributed by atoms with Crippen LogP contribution in [0.5, 0.6) is 0 Å². The molecule has 2 rings (SSSR count). The molecule has 0 spiro atoms. The summed E-state index contributed by atoms with van der Waals surface area (Å²) in [6.45, 7) is 2.52. The second-order valence-electron chi connectivity index (χ2n) is 5.33. The van der Waals surface area contributed by atoms with Crippen molar-refractivity contribution in [3.05, 3.63) is 16.1 Å². The zero-order valence-electron chi connectivity index (χ0n) is 11.4. The van der Waals surface area contributed by atoms with E-state index in [0.717, 1.165) is 30.7 Å². The van der Waals surface area contributed by atoms with E-state index in [-0.39, 0.29) is 17.3 Å². The number of aromatic carboxylic acids is 1. The standard InChI is InChI=1S/C13H19N3O3S/c1-13(5-2-3-6-13)16-12(19)14-7-4-10-15-9(8-20-10)11(17)18/h8H,2-7H2,1H3,(H,17,18)(H2,14,16,19). The zero-order valence-corrected chi connectivity index (χ0v) is 12.3. The smallest absolute Gasteiger partial charge is 0.355 e. The Kier molecular flexibility index (Phi) is 4.59. The summed E-state index contributed by atoms with van der Waals surface area (Å²) in [5, 5.41) is 16.8. The van der Waals surface area contributed by atoms with Gasteiger partial charge in [-0.2, -0.15) is 0 Å². The van der Waals surface area contributed by atoms with Crippen LogP contribution >= 0.6 is 11.3 Å². The van der Waals surface area contributed by atoms with Gasteiger partial charge in [-0.05, 0) is 19.8 Å². The van der Waals surface area contributed by atoms with Gasteiger partial charge in [0.1, 0.15) is 0 Å². The Morgan fingerprint density at radius 2 is 2.15 bits per heavy atom. The highest BCUT2D eigenvalue weighted by Crippen LogP contribution is 2.28. The van der Waals surface area contributed by atoms with Gasteiger partial charge in [0.2, 0.25) is 0 Å². The number of amides is 2. The molecule has 0 aliphatic heterocycles. The predicted octanol–water partition coefficient (Wildman–Crippen LogP) is 2.02. The van der Waals surface area contributed by atoms with E-state index in [0.29, 0.717) is 13.0 Å². The van der Waals surface area contributed by atoms with Gasteiger partial charge in [-0.3, -0.25) is 0 Å². The first-order chi connectivity index (χ1) is 9.48. The molecular formula is C13H19N3O3S. The van der Waals surface area contributed by atoms with E-state index >= 15 is 0 Å². The average molecular weight is 297 g/mol. The number of aromatic nitrogens is 1. The fraction of sp³-hybridized carbons (Fsp3) is 0.615. The largest absolute Gasteiger partial charge is 0.476 e. The third-order valence-corrected chi connectivity index (χ3v) is 4.43. The minimum Gasteiger partial charge on any atom is -0.476 e. The minimum atomic E-state index is -1.02. The third-order valence-electron chi connectivity index (χ3n) is 3.52. The van der Waals surface area contributed by atoms with Crippen molar-refractivity contribution in [3.8, 4) is 0 Å². The van der Waals surface area contributed by atoms with E-state index in [1.807, 2.05) is 0 Å². The Hall–Kier alpha value is -1.63. The van der Waals surface area contributed by atoms with E-state index in [4.69, 9.17) is 5.11 Å². The van der Waals surface area contributed by atoms with E-state index in [1.54, 1.807) is 0 Å². The molecule has 0 saturated heterocycles. The third kappa shape index (κ3) is 3.93. The molecule has 1 aromatic heterocycles. The second kappa shape index (κ2) is 6.21. The Labute approximate surface area is 121 Å². The molecule has 7 heteroatoms. The molecule has 6 nitrogen and oxygen atoms in total. The Morgan fingerprint density at radius 1 is 1.45 bits per heavy atom. The summed E-state index contributed by atoms with van der Waals surface area (Å²) in [5.74, 6) is -1.02. The van der Waals surface area contributed by atoms with Crippen molar-refractivity contribution in [3.63, 3.8) is 0 Å². The van der Waals surface area contributed by atoms with Crippen molar-refractivity contribution < 1.29 is 14.7 Å². The van der Waals surface area contributed by atoms with E-state index < -0.39 is 5.97 Å². The molecule has 2 amide bonds. The highest BCUT2D eigenvalue weighted by Gasteiger charge is 2.29. The number of nitrogens with zero attached hydrogens (tertiary/aromatic N) is 1. The monoisotopic (exact) mass is 297 g/mol. The molecule has 1 aliphatic carbocycles. The van der Waals surface area contributed by atoms with Gasteiger partial charge in [0, 0.05) is 23.9 Å². The van der Waals surface area contributed by atoms with Crippen LogP contribution in [0.3, 0.4) is 0 Å². The van der Waals surface area contributed by atoms with Crippen LogP contribution < -0.4 is 10.6 Å². The number of carbonyl (C=O) groups is 2. The van der Waals surface area contributed by atoms with Crippen LogP contribution in [0.1, 0.15) is 48.1 Å². The van der Waals surface area contributed by atoms with Crippen LogP contribution in [0.4, 0.5) is 4.79 Å².